The van der Waals surface area contributed by atoms with Crippen molar-refractivity contribution < 1.29 is 0 Å². The van der Waals surface area contributed by atoms with Gasteiger partial charge in [0.15, 0.2) is 0 Å². The molecule has 0 amide bonds. The number of aromatic nitrogens is 1. The summed E-state index contributed by atoms with van der Waals surface area (Å²) in [6, 6.07) is 10.8. The van der Waals surface area contributed by atoms with E-state index in [2.05, 4.69) is 66.6 Å². The van der Waals surface area contributed by atoms with Crippen LogP contribution in [0.25, 0.3) is 0 Å². The maximum absolute atomic E-state index is 4.25. The van der Waals surface area contributed by atoms with Crippen LogP contribution in [0.4, 0.5) is 5.69 Å². The molecule has 0 aliphatic carbocycles. The van der Waals surface area contributed by atoms with Gasteiger partial charge in [0, 0.05) is 32.2 Å². The molecule has 1 aromatic heterocycles. The summed E-state index contributed by atoms with van der Waals surface area (Å²) in [6.07, 6.45) is 3.78. The second-order valence-electron chi connectivity index (χ2n) is 4.94. The molecule has 0 radical (unpaired) electrons. The number of benzene rings is 1. The number of aryl methyl sites for hydroxylation is 1. The molecule has 0 fully saturated rings. The quantitative estimate of drug-likeness (QED) is 0.910. The molecule has 0 bridgehead atoms. The van der Waals surface area contributed by atoms with Crippen LogP contribution in [0.15, 0.2) is 42.7 Å². The molecule has 0 aliphatic rings. The SMILES string of the molecule is CNC(c1cccc(N(C)C)c1)c1cnccc1C. The van der Waals surface area contributed by atoms with E-state index >= 15 is 0 Å². The summed E-state index contributed by atoms with van der Waals surface area (Å²) in [7, 11) is 6.10. The highest BCUT2D eigenvalue weighted by atomic mass is 15.1. The summed E-state index contributed by atoms with van der Waals surface area (Å²) in [4.78, 5) is 6.36. The normalized spacial score (nSPS) is 12.2. The fourth-order valence-electron chi connectivity index (χ4n) is 2.26. The Morgan fingerprint density at radius 2 is 2.00 bits per heavy atom. The molecule has 0 saturated heterocycles. The van der Waals surface area contributed by atoms with E-state index in [1.54, 1.807) is 0 Å². The Hall–Kier alpha value is -1.87. The summed E-state index contributed by atoms with van der Waals surface area (Å²) in [5.41, 5.74) is 4.94. The van der Waals surface area contributed by atoms with E-state index in [1.807, 2.05) is 19.4 Å². The Balaban J connectivity index is 2.43. The van der Waals surface area contributed by atoms with Crippen LogP contribution in [-0.2, 0) is 0 Å². The van der Waals surface area contributed by atoms with Gasteiger partial charge in [-0.2, -0.15) is 0 Å². The predicted octanol–water partition coefficient (Wildman–Crippen LogP) is 2.76. The molecule has 0 aliphatic heterocycles. The van der Waals surface area contributed by atoms with Gasteiger partial charge in [0.25, 0.3) is 0 Å². The molecule has 1 heterocycles. The lowest BCUT2D eigenvalue weighted by Gasteiger charge is -2.21. The average molecular weight is 255 g/mol. The highest BCUT2D eigenvalue weighted by Crippen LogP contribution is 2.26. The lowest BCUT2D eigenvalue weighted by Crippen LogP contribution is -2.19. The first-order valence-electron chi connectivity index (χ1n) is 6.48. The van der Waals surface area contributed by atoms with E-state index in [1.165, 1.54) is 22.4 Å². The number of pyridine rings is 1. The molecule has 2 aromatic rings. The molecule has 2 rings (SSSR count). The molecule has 1 N–H and O–H groups in total. The third-order valence-corrected chi connectivity index (χ3v) is 3.40. The van der Waals surface area contributed by atoms with Gasteiger partial charge < -0.3 is 10.2 Å². The van der Waals surface area contributed by atoms with Crippen molar-refractivity contribution in [1.29, 1.82) is 0 Å². The van der Waals surface area contributed by atoms with Crippen LogP contribution in [0.3, 0.4) is 0 Å². The Bertz CT molecular complexity index is 549. The molecule has 100 valence electrons. The lowest BCUT2D eigenvalue weighted by molar-refractivity contribution is 0.684. The van der Waals surface area contributed by atoms with Gasteiger partial charge in [-0.15, -0.1) is 0 Å². The topological polar surface area (TPSA) is 28.2 Å². The third kappa shape index (κ3) is 2.93. The van der Waals surface area contributed by atoms with E-state index in [9.17, 15) is 0 Å². The summed E-state index contributed by atoms with van der Waals surface area (Å²) < 4.78 is 0. The van der Waals surface area contributed by atoms with Crippen LogP contribution in [0.1, 0.15) is 22.7 Å². The largest absolute Gasteiger partial charge is 0.378 e. The monoisotopic (exact) mass is 255 g/mol. The molecule has 1 unspecified atom stereocenters. The molecule has 1 aromatic carbocycles. The highest BCUT2D eigenvalue weighted by molar-refractivity contribution is 5.49. The number of rotatable bonds is 4. The van der Waals surface area contributed by atoms with Gasteiger partial charge in [0.05, 0.1) is 6.04 Å². The van der Waals surface area contributed by atoms with Crippen LogP contribution in [-0.4, -0.2) is 26.1 Å². The van der Waals surface area contributed by atoms with Gasteiger partial charge in [0.1, 0.15) is 0 Å². The summed E-state index contributed by atoms with van der Waals surface area (Å²) in [5, 5.41) is 3.38. The van der Waals surface area contributed by atoms with Crippen molar-refractivity contribution in [3.05, 3.63) is 59.4 Å². The van der Waals surface area contributed by atoms with Crippen LogP contribution in [0, 0.1) is 6.92 Å². The number of nitrogens with zero attached hydrogens (tertiary/aromatic N) is 2. The predicted molar refractivity (Wildman–Crippen MR) is 80.6 cm³/mol. The summed E-state index contributed by atoms with van der Waals surface area (Å²) >= 11 is 0. The van der Waals surface area contributed by atoms with Crippen LogP contribution >= 0.6 is 0 Å². The highest BCUT2D eigenvalue weighted by Gasteiger charge is 2.14. The van der Waals surface area contributed by atoms with Gasteiger partial charge in [-0.3, -0.25) is 4.98 Å². The summed E-state index contributed by atoms with van der Waals surface area (Å²) in [6.45, 7) is 2.12. The Morgan fingerprint density at radius 1 is 1.21 bits per heavy atom. The number of hydrogen-bond acceptors (Lipinski definition) is 3. The molecule has 0 spiro atoms. The lowest BCUT2D eigenvalue weighted by atomic mass is 9.96. The van der Waals surface area contributed by atoms with Crippen molar-refractivity contribution in [3.8, 4) is 0 Å². The van der Waals surface area contributed by atoms with Crippen LogP contribution in [0.5, 0.6) is 0 Å². The van der Waals surface area contributed by atoms with E-state index in [-0.39, 0.29) is 6.04 Å². The fraction of sp³-hybridized carbons (Fsp3) is 0.312. The Morgan fingerprint density at radius 3 is 2.63 bits per heavy atom. The minimum absolute atomic E-state index is 0.175. The molecule has 1 atom stereocenters. The van der Waals surface area contributed by atoms with E-state index in [0.717, 1.165) is 0 Å². The molecule has 19 heavy (non-hydrogen) atoms. The molecule has 3 nitrogen and oxygen atoms in total. The number of anilines is 1. The number of nitrogens with one attached hydrogen (secondary N) is 1. The van der Waals surface area contributed by atoms with Crippen LogP contribution in [0.2, 0.25) is 0 Å². The molecular weight excluding hydrogens is 234 g/mol. The van der Waals surface area contributed by atoms with E-state index in [0.29, 0.717) is 0 Å². The zero-order valence-corrected chi connectivity index (χ0v) is 12.0. The maximum Gasteiger partial charge on any atom is 0.0592 e. The van der Waals surface area contributed by atoms with Gasteiger partial charge in [0.2, 0.25) is 0 Å². The fourth-order valence-corrected chi connectivity index (χ4v) is 2.26. The van der Waals surface area contributed by atoms with Gasteiger partial charge >= 0.3 is 0 Å². The van der Waals surface area contributed by atoms with E-state index < -0.39 is 0 Å². The minimum atomic E-state index is 0.175. The van der Waals surface area contributed by atoms with Crippen molar-refractivity contribution in [2.24, 2.45) is 0 Å². The molecular formula is C16H21N3. The standard InChI is InChI=1S/C16H21N3/c1-12-8-9-18-11-15(12)16(17-2)13-6-5-7-14(10-13)19(3)4/h5-11,16-17H,1-4H3. The first kappa shape index (κ1) is 13.6. The van der Waals surface area contributed by atoms with Crippen molar-refractivity contribution in [1.82, 2.24) is 10.3 Å². The van der Waals surface area contributed by atoms with Gasteiger partial charge in [-0.05, 0) is 48.9 Å². The number of hydrogen-bond donors (Lipinski definition) is 1. The van der Waals surface area contributed by atoms with Crippen molar-refractivity contribution in [2.45, 2.75) is 13.0 Å². The van der Waals surface area contributed by atoms with Gasteiger partial charge in [-0.25, -0.2) is 0 Å². The smallest absolute Gasteiger partial charge is 0.0592 e. The zero-order chi connectivity index (χ0) is 13.8. The van der Waals surface area contributed by atoms with Crippen LogP contribution < -0.4 is 10.2 Å². The first-order chi connectivity index (χ1) is 9.13. The maximum atomic E-state index is 4.25. The Kier molecular flexibility index (Phi) is 4.17. The molecule has 3 heteroatoms. The van der Waals surface area contributed by atoms with Gasteiger partial charge in [-0.1, -0.05) is 12.1 Å². The second kappa shape index (κ2) is 5.85. The molecule has 0 saturated carbocycles. The summed E-state index contributed by atoms with van der Waals surface area (Å²) in [5.74, 6) is 0. The second-order valence-corrected chi connectivity index (χ2v) is 4.94. The van der Waals surface area contributed by atoms with Crippen molar-refractivity contribution in [2.75, 3.05) is 26.0 Å². The van der Waals surface area contributed by atoms with E-state index in [4.69, 9.17) is 0 Å². The zero-order valence-electron chi connectivity index (χ0n) is 12.0. The third-order valence-electron chi connectivity index (χ3n) is 3.40. The van der Waals surface area contributed by atoms with Crippen molar-refractivity contribution >= 4 is 5.69 Å². The van der Waals surface area contributed by atoms with Crippen molar-refractivity contribution in [3.63, 3.8) is 0 Å². The Labute approximate surface area is 115 Å². The average Bonchev–Trinajstić information content (AvgIpc) is 2.42. The first-order valence-corrected chi connectivity index (χ1v) is 6.48. The minimum Gasteiger partial charge on any atom is -0.378 e.